The third-order valence-corrected chi connectivity index (χ3v) is 5.29. The fourth-order valence-electron chi connectivity index (χ4n) is 3.80. The molecule has 0 radical (unpaired) electrons. The molecule has 0 saturated carbocycles. The second kappa shape index (κ2) is 8.17. The molecule has 9 heteroatoms. The fraction of sp³-hybridized carbons (Fsp3) is 0.318. The summed E-state index contributed by atoms with van der Waals surface area (Å²) in [5, 5.41) is 8.59. The number of aromatic amines is 1. The first-order valence-corrected chi connectivity index (χ1v) is 10.4. The summed E-state index contributed by atoms with van der Waals surface area (Å²) in [5.41, 5.74) is 2.76. The van der Waals surface area contributed by atoms with Crippen molar-refractivity contribution in [1.82, 2.24) is 30.1 Å². The molecule has 0 aromatic carbocycles. The summed E-state index contributed by atoms with van der Waals surface area (Å²) in [6.45, 7) is 7.49. The van der Waals surface area contributed by atoms with Crippen molar-refractivity contribution in [1.29, 1.82) is 0 Å². The van der Waals surface area contributed by atoms with Crippen molar-refractivity contribution < 1.29 is 4.74 Å². The number of pyridine rings is 2. The molecular weight excluding hydrogens is 392 g/mol. The number of nitrogens with one attached hydrogen (secondary N) is 1. The van der Waals surface area contributed by atoms with Crippen LogP contribution in [0.4, 0.5) is 11.6 Å². The number of rotatable bonds is 5. The van der Waals surface area contributed by atoms with Crippen LogP contribution in [0.15, 0.2) is 49.2 Å². The summed E-state index contributed by atoms with van der Waals surface area (Å²) >= 11 is 0. The summed E-state index contributed by atoms with van der Waals surface area (Å²) < 4.78 is 5.76. The van der Waals surface area contributed by atoms with Crippen LogP contribution in [0, 0.1) is 0 Å². The quantitative estimate of drug-likeness (QED) is 0.531. The summed E-state index contributed by atoms with van der Waals surface area (Å²) in [6, 6.07) is 7.97. The number of H-pyrrole nitrogens is 1. The Balaban J connectivity index is 1.37. The molecule has 1 saturated heterocycles. The van der Waals surface area contributed by atoms with Crippen molar-refractivity contribution in [3.05, 3.63) is 49.2 Å². The van der Waals surface area contributed by atoms with Crippen molar-refractivity contribution in [2.24, 2.45) is 0 Å². The van der Waals surface area contributed by atoms with E-state index in [0.29, 0.717) is 5.88 Å². The van der Waals surface area contributed by atoms with E-state index in [2.05, 4.69) is 46.0 Å². The van der Waals surface area contributed by atoms with Crippen LogP contribution in [0.25, 0.3) is 22.2 Å². The predicted molar refractivity (Wildman–Crippen MR) is 119 cm³/mol. The van der Waals surface area contributed by atoms with Gasteiger partial charge in [0.05, 0.1) is 17.8 Å². The third kappa shape index (κ3) is 3.98. The van der Waals surface area contributed by atoms with Gasteiger partial charge in [0, 0.05) is 55.6 Å². The highest BCUT2D eigenvalue weighted by atomic mass is 16.5. The Morgan fingerprint density at radius 2 is 1.74 bits per heavy atom. The van der Waals surface area contributed by atoms with Crippen LogP contribution in [-0.2, 0) is 0 Å². The average Bonchev–Trinajstić information content (AvgIpc) is 3.23. The van der Waals surface area contributed by atoms with Crippen molar-refractivity contribution in [2.45, 2.75) is 20.0 Å². The van der Waals surface area contributed by atoms with Crippen LogP contribution < -0.4 is 14.5 Å². The summed E-state index contributed by atoms with van der Waals surface area (Å²) in [4.78, 5) is 21.9. The summed E-state index contributed by atoms with van der Waals surface area (Å²) in [6.07, 6.45) is 7.04. The molecule has 0 bridgehead atoms. The van der Waals surface area contributed by atoms with E-state index in [1.165, 1.54) is 0 Å². The lowest BCUT2D eigenvalue weighted by Crippen LogP contribution is -2.47. The third-order valence-electron chi connectivity index (χ3n) is 5.29. The Bertz CT molecular complexity index is 1170. The Hall–Kier alpha value is -3.75. The number of aromatic nitrogens is 6. The lowest BCUT2D eigenvalue weighted by Gasteiger charge is -2.36. The minimum absolute atomic E-state index is 0.0637. The number of anilines is 2. The predicted octanol–water partition coefficient (Wildman–Crippen LogP) is 2.92. The van der Waals surface area contributed by atoms with E-state index >= 15 is 0 Å². The first-order chi connectivity index (χ1) is 15.2. The Morgan fingerprint density at radius 1 is 0.935 bits per heavy atom. The Morgan fingerprint density at radius 3 is 2.48 bits per heavy atom. The number of piperazine rings is 1. The van der Waals surface area contributed by atoms with Crippen LogP contribution in [0.5, 0.6) is 5.88 Å². The second-order valence-electron chi connectivity index (χ2n) is 7.75. The maximum atomic E-state index is 5.76. The number of hydrogen-bond donors (Lipinski definition) is 1. The van der Waals surface area contributed by atoms with Gasteiger partial charge in [-0.15, -0.1) is 0 Å². The van der Waals surface area contributed by atoms with E-state index in [-0.39, 0.29) is 6.10 Å². The topological polar surface area (TPSA) is 96.0 Å². The van der Waals surface area contributed by atoms with E-state index < -0.39 is 0 Å². The van der Waals surface area contributed by atoms with Crippen molar-refractivity contribution in [3.8, 4) is 17.1 Å². The summed E-state index contributed by atoms with van der Waals surface area (Å²) in [5.74, 6) is 2.51. The zero-order valence-corrected chi connectivity index (χ0v) is 17.6. The molecule has 5 rings (SSSR count). The largest absolute Gasteiger partial charge is 0.475 e. The van der Waals surface area contributed by atoms with E-state index in [0.717, 1.165) is 60.0 Å². The van der Waals surface area contributed by atoms with Crippen molar-refractivity contribution in [2.75, 3.05) is 36.0 Å². The van der Waals surface area contributed by atoms with Gasteiger partial charge in [-0.3, -0.25) is 5.10 Å². The summed E-state index contributed by atoms with van der Waals surface area (Å²) in [7, 11) is 0. The molecule has 1 aliphatic heterocycles. The van der Waals surface area contributed by atoms with E-state index in [4.69, 9.17) is 4.74 Å². The number of hydrogen-bond acceptors (Lipinski definition) is 8. The SMILES string of the molecule is CC(C)Oc1cc2c(-c3ccnc(N4CCN(c5ccncn5)CC4)c3)n[nH]c2cn1. The van der Waals surface area contributed by atoms with Gasteiger partial charge in [-0.2, -0.15) is 5.10 Å². The molecule has 4 aromatic heterocycles. The van der Waals surface area contributed by atoms with Gasteiger partial charge in [-0.25, -0.2) is 19.9 Å². The maximum Gasteiger partial charge on any atom is 0.214 e. The van der Waals surface area contributed by atoms with E-state index in [1.54, 1.807) is 18.7 Å². The average molecular weight is 416 g/mol. The molecule has 1 aliphatic rings. The first kappa shape index (κ1) is 19.2. The second-order valence-corrected chi connectivity index (χ2v) is 7.75. The molecule has 0 amide bonds. The highest BCUT2D eigenvalue weighted by Crippen LogP contribution is 2.30. The van der Waals surface area contributed by atoms with Gasteiger partial charge in [0.25, 0.3) is 0 Å². The van der Waals surface area contributed by atoms with Gasteiger partial charge in [-0.1, -0.05) is 0 Å². The molecule has 158 valence electrons. The lowest BCUT2D eigenvalue weighted by atomic mass is 10.1. The standard InChI is InChI=1S/C22H24N8O/c1-15(2)31-21-12-17-18(13-25-21)27-28-22(17)16-3-6-24-20(11-16)30-9-7-29(8-10-30)19-4-5-23-14-26-19/h3-6,11-15H,7-10H2,1-2H3,(H,27,28). The highest BCUT2D eigenvalue weighted by Gasteiger charge is 2.20. The van der Waals surface area contributed by atoms with Gasteiger partial charge in [0.1, 0.15) is 23.7 Å². The molecule has 1 fully saturated rings. The minimum atomic E-state index is 0.0637. The van der Waals surface area contributed by atoms with Crippen LogP contribution in [0.3, 0.4) is 0 Å². The molecular formula is C22H24N8O. The van der Waals surface area contributed by atoms with Crippen molar-refractivity contribution >= 4 is 22.5 Å². The van der Waals surface area contributed by atoms with Crippen LogP contribution >= 0.6 is 0 Å². The smallest absolute Gasteiger partial charge is 0.214 e. The lowest BCUT2D eigenvalue weighted by molar-refractivity contribution is 0.233. The Labute approximate surface area is 180 Å². The highest BCUT2D eigenvalue weighted by molar-refractivity contribution is 5.93. The van der Waals surface area contributed by atoms with E-state index in [9.17, 15) is 0 Å². The Kier molecular flexibility index (Phi) is 5.07. The molecule has 31 heavy (non-hydrogen) atoms. The minimum Gasteiger partial charge on any atom is -0.475 e. The van der Waals surface area contributed by atoms with Crippen LogP contribution in [0.1, 0.15) is 13.8 Å². The van der Waals surface area contributed by atoms with Gasteiger partial charge >= 0.3 is 0 Å². The normalized spacial score (nSPS) is 14.4. The van der Waals surface area contributed by atoms with E-state index in [1.807, 2.05) is 38.2 Å². The molecule has 9 nitrogen and oxygen atoms in total. The number of fused-ring (bicyclic) bond motifs is 1. The maximum absolute atomic E-state index is 5.76. The molecule has 4 aromatic rings. The molecule has 0 aliphatic carbocycles. The molecule has 0 atom stereocenters. The fourth-order valence-corrected chi connectivity index (χ4v) is 3.80. The van der Waals surface area contributed by atoms with Crippen LogP contribution in [0.2, 0.25) is 0 Å². The zero-order chi connectivity index (χ0) is 21.2. The molecule has 5 heterocycles. The number of ether oxygens (including phenoxy) is 1. The molecule has 0 unspecified atom stereocenters. The van der Waals surface area contributed by atoms with Crippen LogP contribution in [-0.4, -0.2) is 62.4 Å². The zero-order valence-electron chi connectivity index (χ0n) is 17.6. The monoisotopic (exact) mass is 416 g/mol. The van der Waals surface area contributed by atoms with Gasteiger partial charge in [0.15, 0.2) is 0 Å². The molecule has 0 spiro atoms. The van der Waals surface area contributed by atoms with Gasteiger partial charge in [-0.05, 0) is 32.0 Å². The van der Waals surface area contributed by atoms with Gasteiger partial charge in [0.2, 0.25) is 5.88 Å². The molecule has 1 N–H and O–H groups in total. The van der Waals surface area contributed by atoms with Crippen molar-refractivity contribution in [3.63, 3.8) is 0 Å². The number of nitrogens with zero attached hydrogens (tertiary/aromatic N) is 7. The first-order valence-electron chi connectivity index (χ1n) is 10.4. The van der Waals surface area contributed by atoms with Gasteiger partial charge < -0.3 is 14.5 Å².